The summed E-state index contributed by atoms with van der Waals surface area (Å²) in [5.74, 6) is -2.20. The molecule has 2 N–H and O–H groups in total. The minimum absolute atomic E-state index is 0.0645. The van der Waals surface area contributed by atoms with Crippen LogP contribution in [0.2, 0.25) is 5.02 Å². The normalized spacial score (nSPS) is 15.9. The monoisotopic (exact) mass is 368 g/mol. The molecule has 1 aromatic carbocycles. The lowest BCUT2D eigenvalue weighted by atomic mass is 10.2. The fourth-order valence-corrected chi connectivity index (χ4v) is 2.82. The molecule has 0 radical (unpaired) electrons. The second-order valence-corrected chi connectivity index (χ2v) is 6.24. The van der Waals surface area contributed by atoms with E-state index in [0.717, 1.165) is 16.7 Å². The van der Waals surface area contributed by atoms with Crippen LogP contribution in [0.25, 0.3) is 6.08 Å². The smallest absolute Gasteiger partial charge is 0.305 e. The summed E-state index contributed by atoms with van der Waals surface area (Å²) in [6, 6.07) is 6.73. The van der Waals surface area contributed by atoms with Gasteiger partial charge < -0.3 is 10.4 Å². The molecule has 9 heteroatoms. The Kier molecular flexibility index (Phi) is 5.99. The van der Waals surface area contributed by atoms with Crippen molar-refractivity contribution in [2.45, 2.75) is 6.42 Å². The molecule has 2 rings (SSSR count). The van der Waals surface area contributed by atoms with E-state index in [1.54, 1.807) is 30.3 Å². The van der Waals surface area contributed by atoms with Crippen molar-refractivity contribution in [3.05, 3.63) is 39.8 Å². The van der Waals surface area contributed by atoms with Gasteiger partial charge in [-0.15, -0.1) is 0 Å². The number of nitrogens with one attached hydrogen (secondary N) is 1. The van der Waals surface area contributed by atoms with E-state index in [1.807, 2.05) is 0 Å². The number of thioether (sulfide) groups is 1. The second-order valence-electron chi connectivity index (χ2n) is 4.81. The zero-order valence-electron chi connectivity index (χ0n) is 12.3. The summed E-state index contributed by atoms with van der Waals surface area (Å²) in [5, 5.41) is 10.8. The van der Waals surface area contributed by atoms with Gasteiger partial charge in [0.2, 0.25) is 5.91 Å². The van der Waals surface area contributed by atoms with Crippen molar-refractivity contribution in [1.29, 1.82) is 0 Å². The van der Waals surface area contributed by atoms with Crippen LogP contribution in [0.3, 0.4) is 0 Å². The first-order chi connectivity index (χ1) is 11.4. The molecule has 1 aliphatic heterocycles. The summed E-state index contributed by atoms with van der Waals surface area (Å²) in [7, 11) is 0. The van der Waals surface area contributed by atoms with Crippen LogP contribution in [0.4, 0.5) is 4.79 Å². The molecule has 0 aromatic heterocycles. The Morgan fingerprint density at radius 1 is 1.25 bits per heavy atom. The van der Waals surface area contributed by atoms with Gasteiger partial charge in [-0.2, -0.15) is 0 Å². The van der Waals surface area contributed by atoms with Crippen LogP contribution in [0.1, 0.15) is 12.0 Å². The number of carboxylic acid groups (broad SMARTS) is 1. The van der Waals surface area contributed by atoms with Gasteiger partial charge in [-0.05, 0) is 35.5 Å². The van der Waals surface area contributed by atoms with Gasteiger partial charge in [0.15, 0.2) is 0 Å². The molecule has 3 amide bonds. The van der Waals surface area contributed by atoms with Gasteiger partial charge in [0.1, 0.15) is 6.54 Å². The highest BCUT2D eigenvalue weighted by Gasteiger charge is 2.36. The molecule has 1 fully saturated rings. The number of rotatable bonds is 6. The van der Waals surface area contributed by atoms with E-state index in [4.69, 9.17) is 16.7 Å². The van der Waals surface area contributed by atoms with Gasteiger partial charge in [-0.1, -0.05) is 23.7 Å². The van der Waals surface area contributed by atoms with Crippen LogP contribution in [-0.2, 0) is 14.4 Å². The molecule has 1 saturated heterocycles. The maximum Gasteiger partial charge on any atom is 0.305 e. The standard InChI is InChI=1S/C15H13ClN2O5S/c16-10-3-1-9(2-4-10)7-11-14(22)18(15(23)24-11)8-12(19)17-6-5-13(20)21/h1-4,7H,5-6,8H2,(H,17,19)(H,20,21)/b11-7-. The lowest BCUT2D eigenvalue weighted by Crippen LogP contribution is -2.40. The molecule has 1 aliphatic rings. The number of carbonyl (C=O) groups excluding carboxylic acids is 3. The summed E-state index contributed by atoms with van der Waals surface area (Å²) < 4.78 is 0. The highest BCUT2D eigenvalue weighted by molar-refractivity contribution is 8.18. The summed E-state index contributed by atoms with van der Waals surface area (Å²) in [6.07, 6.45) is 1.31. The van der Waals surface area contributed by atoms with Gasteiger partial charge in [0.05, 0.1) is 11.3 Å². The molecule has 1 heterocycles. The molecule has 1 aromatic rings. The summed E-state index contributed by atoms with van der Waals surface area (Å²) in [6.45, 7) is -0.507. The quantitative estimate of drug-likeness (QED) is 0.744. The maximum absolute atomic E-state index is 12.2. The van der Waals surface area contributed by atoms with Gasteiger partial charge in [-0.3, -0.25) is 24.1 Å². The Morgan fingerprint density at radius 3 is 2.54 bits per heavy atom. The Hall–Kier alpha value is -2.32. The molecule has 0 aliphatic carbocycles. The number of carboxylic acids is 1. The number of aliphatic carboxylic acids is 1. The van der Waals surface area contributed by atoms with Crippen LogP contribution >= 0.6 is 23.4 Å². The number of hydrogen-bond acceptors (Lipinski definition) is 5. The van der Waals surface area contributed by atoms with Crippen molar-refractivity contribution in [3.63, 3.8) is 0 Å². The second kappa shape index (κ2) is 7.98. The molecule has 24 heavy (non-hydrogen) atoms. The van der Waals surface area contributed by atoms with E-state index in [0.29, 0.717) is 10.6 Å². The third-order valence-corrected chi connectivity index (χ3v) is 4.16. The van der Waals surface area contributed by atoms with E-state index in [9.17, 15) is 19.2 Å². The molecule has 0 unspecified atom stereocenters. The van der Waals surface area contributed by atoms with E-state index >= 15 is 0 Å². The van der Waals surface area contributed by atoms with Gasteiger partial charge in [-0.25, -0.2) is 0 Å². The average Bonchev–Trinajstić information content (AvgIpc) is 2.77. The molecule has 0 saturated carbocycles. The van der Waals surface area contributed by atoms with E-state index < -0.39 is 29.6 Å². The largest absolute Gasteiger partial charge is 0.481 e. The first kappa shape index (κ1) is 18.0. The Balaban J connectivity index is 1.99. The number of carbonyl (C=O) groups is 4. The highest BCUT2D eigenvalue weighted by Crippen LogP contribution is 2.32. The Bertz CT molecular complexity index is 717. The topological polar surface area (TPSA) is 104 Å². The van der Waals surface area contributed by atoms with Crippen LogP contribution < -0.4 is 5.32 Å². The maximum atomic E-state index is 12.2. The highest BCUT2D eigenvalue weighted by atomic mass is 35.5. The Morgan fingerprint density at radius 2 is 1.92 bits per heavy atom. The number of imide groups is 1. The van der Waals surface area contributed by atoms with Crippen LogP contribution in [0, 0.1) is 0 Å². The lowest BCUT2D eigenvalue weighted by molar-refractivity contribution is -0.137. The number of halogens is 1. The SMILES string of the molecule is O=C(O)CCNC(=O)CN1C(=O)S/C(=C\c2ccc(Cl)cc2)C1=O. The Labute approximate surface area is 146 Å². The molecule has 0 spiro atoms. The molecule has 0 atom stereocenters. The minimum Gasteiger partial charge on any atom is -0.481 e. The first-order valence-corrected chi connectivity index (χ1v) is 8.05. The third-order valence-electron chi connectivity index (χ3n) is 3.00. The predicted molar refractivity (Wildman–Crippen MR) is 89.4 cm³/mol. The molecular formula is C15H13ClN2O5S. The summed E-state index contributed by atoms with van der Waals surface area (Å²) >= 11 is 6.53. The van der Waals surface area contributed by atoms with Crippen molar-refractivity contribution >= 4 is 52.5 Å². The minimum atomic E-state index is -1.05. The number of amides is 3. The molecule has 7 nitrogen and oxygen atoms in total. The molecular weight excluding hydrogens is 356 g/mol. The number of hydrogen-bond donors (Lipinski definition) is 2. The summed E-state index contributed by atoms with van der Waals surface area (Å²) in [5.41, 5.74) is 0.704. The fraction of sp³-hybridized carbons (Fsp3) is 0.200. The van der Waals surface area contributed by atoms with Crippen LogP contribution in [0.15, 0.2) is 29.2 Å². The number of nitrogens with zero attached hydrogens (tertiary/aromatic N) is 1. The van der Waals surface area contributed by atoms with Crippen molar-refractivity contribution < 1.29 is 24.3 Å². The van der Waals surface area contributed by atoms with E-state index in [2.05, 4.69) is 5.32 Å². The zero-order valence-corrected chi connectivity index (χ0v) is 13.9. The van der Waals surface area contributed by atoms with E-state index in [1.165, 1.54) is 0 Å². The van der Waals surface area contributed by atoms with Crippen molar-refractivity contribution in [1.82, 2.24) is 10.2 Å². The fourth-order valence-electron chi connectivity index (χ4n) is 1.86. The summed E-state index contributed by atoms with van der Waals surface area (Å²) in [4.78, 5) is 47.2. The van der Waals surface area contributed by atoms with Crippen LogP contribution in [-0.4, -0.2) is 46.1 Å². The van der Waals surface area contributed by atoms with Crippen molar-refractivity contribution in [2.24, 2.45) is 0 Å². The van der Waals surface area contributed by atoms with Gasteiger partial charge in [0.25, 0.3) is 11.1 Å². The molecule has 0 bridgehead atoms. The lowest BCUT2D eigenvalue weighted by Gasteiger charge is -2.11. The van der Waals surface area contributed by atoms with Gasteiger partial charge >= 0.3 is 5.97 Å². The average molecular weight is 369 g/mol. The van der Waals surface area contributed by atoms with Crippen LogP contribution in [0.5, 0.6) is 0 Å². The van der Waals surface area contributed by atoms with Crippen molar-refractivity contribution in [3.8, 4) is 0 Å². The number of benzene rings is 1. The third kappa shape index (κ3) is 4.84. The van der Waals surface area contributed by atoms with Gasteiger partial charge in [0, 0.05) is 11.6 Å². The zero-order chi connectivity index (χ0) is 17.7. The molecule has 126 valence electrons. The van der Waals surface area contributed by atoms with Crippen molar-refractivity contribution in [2.75, 3.05) is 13.1 Å². The first-order valence-electron chi connectivity index (χ1n) is 6.86. The van der Waals surface area contributed by atoms with E-state index in [-0.39, 0.29) is 17.9 Å². The predicted octanol–water partition coefficient (Wildman–Crippen LogP) is 1.97.